The first-order chi connectivity index (χ1) is 9.58. The third kappa shape index (κ3) is 2.28. The zero-order valence-corrected chi connectivity index (χ0v) is 14.2. The molecule has 0 bridgehead atoms. The van der Waals surface area contributed by atoms with Crippen LogP contribution in [0.1, 0.15) is 11.1 Å². The van der Waals surface area contributed by atoms with Gasteiger partial charge in [0.15, 0.2) is 10.6 Å². The first kappa shape index (κ1) is 13.7. The Kier molecular flexibility index (Phi) is 3.62. The van der Waals surface area contributed by atoms with E-state index in [0.717, 1.165) is 20.9 Å². The lowest BCUT2D eigenvalue weighted by molar-refractivity contribution is 1.03. The van der Waals surface area contributed by atoms with Crippen LogP contribution in [-0.4, -0.2) is 14.8 Å². The number of aromatic nitrogens is 3. The zero-order valence-electron chi connectivity index (χ0n) is 11.0. The van der Waals surface area contributed by atoms with Crippen LogP contribution in [0.2, 0.25) is 0 Å². The molecule has 3 aromatic rings. The third-order valence-corrected chi connectivity index (χ3v) is 5.48. The molecule has 6 heteroatoms. The Morgan fingerprint density at radius 2 is 2.00 bits per heavy atom. The molecular weight excluding hydrogens is 354 g/mol. The predicted octanol–water partition coefficient (Wildman–Crippen LogP) is 5.04. The van der Waals surface area contributed by atoms with Crippen molar-refractivity contribution in [2.75, 3.05) is 0 Å². The molecule has 0 radical (unpaired) electrons. The van der Waals surface area contributed by atoms with Gasteiger partial charge < -0.3 is 0 Å². The smallest absolute Gasteiger partial charge is 0.200 e. The molecule has 1 N–H and O–H groups in total. The molecule has 0 atom stereocenters. The maximum absolute atomic E-state index is 5.39. The second-order valence-electron chi connectivity index (χ2n) is 4.56. The minimum atomic E-state index is 0.606. The summed E-state index contributed by atoms with van der Waals surface area (Å²) in [6.45, 7) is 4.16. The topological polar surface area (TPSA) is 33.6 Å². The number of benzene rings is 1. The van der Waals surface area contributed by atoms with Crippen LogP contribution in [0.25, 0.3) is 16.4 Å². The summed E-state index contributed by atoms with van der Waals surface area (Å²) >= 11 is 10.6. The maximum atomic E-state index is 5.39. The fraction of sp³-hybridized carbons (Fsp3) is 0.143. The summed E-state index contributed by atoms with van der Waals surface area (Å²) in [6.07, 6.45) is 0. The van der Waals surface area contributed by atoms with E-state index in [1.807, 2.05) is 22.1 Å². The van der Waals surface area contributed by atoms with Crippen molar-refractivity contribution in [3.8, 4) is 16.4 Å². The highest BCUT2D eigenvalue weighted by Gasteiger charge is 2.13. The number of halogens is 1. The fourth-order valence-electron chi connectivity index (χ4n) is 2.16. The van der Waals surface area contributed by atoms with Gasteiger partial charge in [-0.05, 0) is 60.8 Å². The zero-order chi connectivity index (χ0) is 14.3. The number of aromatic amines is 1. The molecule has 102 valence electrons. The lowest BCUT2D eigenvalue weighted by Gasteiger charge is -2.10. The normalized spacial score (nSPS) is 10.9. The lowest BCUT2D eigenvalue weighted by atomic mass is 10.1. The van der Waals surface area contributed by atoms with E-state index in [2.05, 4.69) is 52.1 Å². The lowest BCUT2D eigenvalue weighted by Crippen LogP contribution is -1.99. The number of nitrogens with zero attached hydrogens (tertiary/aromatic N) is 2. The van der Waals surface area contributed by atoms with Crippen molar-refractivity contribution in [2.24, 2.45) is 0 Å². The minimum Gasteiger partial charge on any atom is -0.267 e. The van der Waals surface area contributed by atoms with Crippen molar-refractivity contribution < 1.29 is 0 Å². The molecule has 20 heavy (non-hydrogen) atoms. The predicted molar refractivity (Wildman–Crippen MR) is 89.2 cm³/mol. The number of hydrogen-bond donors (Lipinski definition) is 1. The van der Waals surface area contributed by atoms with Crippen LogP contribution >= 0.6 is 39.5 Å². The summed E-state index contributed by atoms with van der Waals surface area (Å²) < 4.78 is 3.72. The number of H-pyrrole nitrogens is 1. The second kappa shape index (κ2) is 5.27. The summed E-state index contributed by atoms with van der Waals surface area (Å²) in [4.78, 5) is 1.09. The van der Waals surface area contributed by atoms with Gasteiger partial charge in [0.05, 0.1) is 10.6 Å². The Bertz CT molecular complexity index is 792. The first-order valence-corrected chi connectivity index (χ1v) is 8.14. The second-order valence-corrected chi connectivity index (χ2v) is 6.69. The van der Waals surface area contributed by atoms with Crippen LogP contribution in [0.4, 0.5) is 0 Å². The molecule has 0 aliphatic heterocycles. The van der Waals surface area contributed by atoms with Gasteiger partial charge in [0.2, 0.25) is 0 Å². The summed E-state index contributed by atoms with van der Waals surface area (Å²) in [5, 5.41) is 9.29. The molecule has 0 amide bonds. The van der Waals surface area contributed by atoms with E-state index in [1.165, 1.54) is 11.1 Å². The number of thiophene rings is 1. The Morgan fingerprint density at radius 3 is 2.60 bits per heavy atom. The minimum absolute atomic E-state index is 0.606. The largest absolute Gasteiger partial charge is 0.267 e. The number of aryl methyl sites for hydroxylation is 2. The van der Waals surface area contributed by atoms with Crippen molar-refractivity contribution in [3.05, 3.63) is 50.0 Å². The van der Waals surface area contributed by atoms with Gasteiger partial charge in [-0.15, -0.1) is 11.3 Å². The van der Waals surface area contributed by atoms with Crippen molar-refractivity contribution in [3.63, 3.8) is 0 Å². The molecule has 0 saturated carbocycles. The van der Waals surface area contributed by atoms with Gasteiger partial charge in [-0.3, -0.25) is 9.67 Å². The van der Waals surface area contributed by atoms with E-state index >= 15 is 0 Å². The number of rotatable bonds is 2. The average Bonchev–Trinajstić information content (AvgIpc) is 3.04. The van der Waals surface area contributed by atoms with Gasteiger partial charge in [-0.1, -0.05) is 22.0 Å². The fourth-order valence-corrected chi connectivity index (χ4v) is 3.33. The molecule has 0 spiro atoms. The van der Waals surface area contributed by atoms with Gasteiger partial charge in [-0.25, -0.2) is 0 Å². The quantitative estimate of drug-likeness (QED) is 0.645. The monoisotopic (exact) mass is 365 g/mol. The summed E-state index contributed by atoms with van der Waals surface area (Å²) in [7, 11) is 0. The molecule has 0 aliphatic rings. The number of hydrogen-bond acceptors (Lipinski definition) is 3. The van der Waals surface area contributed by atoms with Crippen LogP contribution in [-0.2, 0) is 0 Å². The van der Waals surface area contributed by atoms with Gasteiger partial charge in [-0.2, -0.15) is 5.10 Å². The highest BCUT2D eigenvalue weighted by atomic mass is 79.9. The van der Waals surface area contributed by atoms with Crippen molar-refractivity contribution in [1.82, 2.24) is 14.8 Å². The van der Waals surface area contributed by atoms with E-state index in [9.17, 15) is 0 Å². The summed E-state index contributed by atoms with van der Waals surface area (Å²) in [5.74, 6) is 0.853. The van der Waals surface area contributed by atoms with Crippen LogP contribution in [0, 0.1) is 18.6 Å². The average molecular weight is 366 g/mol. The van der Waals surface area contributed by atoms with Crippen molar-refractivity contribution in [1.29, 1.82) is 0 Å². The van der Waals surface area contributed by atoms with E-state index in [1.54, 1.807) is 11.3 Å². The Balaban J connectivity index is 2.26. The molecule has 0 aliphatic carbocycles. The van der Waals surface area contributed by atoms with E-state index in [-0.39, 0.29) is 0 Å². The molecule has 2 heterocycles. The van der Waals surface area contributed by atoms with Crippen LogP contribution in [0.3, 0.4) is 0 Å². The molecule has 3 rings (SSSR count). The van der Waals surface area contributed by atoms with Crippen molar-refractivity contribution >= 4 is 39.5 Å². The molecular formula is C14H12BrN3S2. The van der Waals surface area contributed by atoms with Gasteiger partial charge in [0.1, 0.15) is 0 Å². The number of nitrogens with one attached hydrogen (secondary N) is 1. The van der Waals surface area contributed by atoms with Crippen LogP contribution in [0.5, 0.6) is 0 Å². The molecule has 0 unspecified atom stereocenters. The van der Waals surface area contributed by atoms with Crippen LogP contribution in [0.15, 0.2) is 34.1 Å². The highest BCUT2D eigenvalue weighted by Crippen LogP contribution is 2.29. The SMILES string of the molecule is Cc1cc(-n2c(-c3cccs3)n[nH]c2=S)cc(C)c1Br. The van der Waals surface area contributed by atoms with Gasteiger partial charge in [0.25, 0.3) is 0 Å². The van der Waals surface area contributed by atoms with E-state index < -0.39 is 0 Å². The third-order valence-electron chi connectivity index (χ3n) is 3.09. The van der Waals surface area contributed by atoms with Gasteiger partial charge in [0, 0.05) is 4.47 Å². The van der Waals surface area contributed by atoms with E-state index in [0.29, 0.717) is 4.77 Å². The van der Waals surface area contributed by atoms with Crippen LogP contribution < -0.4 is 0 Å². The molecule has 1 aromatic carbocycles. The van der Waals surface area contributed by atoms with Crippen molar-refractivity contribution in [2.45, 2.75) is 13.8 Å². The molecule has 3 nitrogen and oxygen atoms in total. The first-order valence-electron chi connectivity index (χ1n) is 6.06. The molecule has 0 fully saturated rings. The maximum Gasteiger partial charge on any atom is 0.200 e. The van der Waals surface area contributed by atoms with E-state index in [4.69, 9.17) is 12.2 Å². The standard InChI is InChI=1S/C14H12BrN3S2/c1-8-6-10(7-9(2)12(8)15)18-13(16-17-14(18)19)11-4-3-5-20-11/h3-7H,1-2H3,(H,17,19). The molecule has 0 saturated heterocycles. The highest BCUT2D eigenvalue weighted by molar-refractivity contribution is 9.10. The Hall–Kier alpha value is -1.24. The summed E-state index contributed by atoms with van der Waals surface area (Å²) in [6, 6.07) is 8.28. The molecule has 2 aromatic heterocycles. The Labute approximate surface area is 134 Å². The Morgan fingerprint density at radius 1 is 1.30 bits per heavy atom. The van der Waals surface area contributed by atoms with Gasteiger partial charge >= 0.3 is 0 Å². The summed E-state index contributed by atoms with van der Waals surface area (Å²) in [5.41, 5.74) is 3.39.